The maximum Gasteiger partial charge on any atom is 0.308 e. The fourth-order valence-corrected chi connectivity index (χ4v) is 2.82. The van der Waals surface area contributed by atoms with Crippen LogP contribution in [0, 0.1) is 11.8 Å². The van der Waals surface area contributed by atoms with Gasteiger partial charge in [0, 0.05) is 24.6 Å². The van der Waals surface area contributed by atoms with Gasteiger partial charge in [0.25, 0.3) is 0 Å². The molecule has 2 N–H and O–H groups in total. The first-order chi connectivity index (χ1) is 8.99. The molecule has 1 fully saturated rings. The molecule has 7 nitrogen and oxygen atoms in total. The topological polar surface area (TPSA) is 104 Å². The summed E-state index contributed by atoms with van der Waals surface area (Å²) in [5.41, 5.74) is 0.601. The number of halogens is 1. The first kappa shape index (κ1) is 14.2. The SMILES string of the molecule is O=C(O)C1CCN(Cc2nnsc2Cl)CC1C(=O)O. The van der Waals surface area contributed by atoms with Crippen LogP contribution in [0.4, 0.5) is 0 Å². The van der Waals surface area contributed by atoms with Crippen molar-refractivity contribution in [3.05, 3.63) is 10.0 Å². The van der Waals surface area contributed by atoms with Crippen molar-refractivity contribution < 1.29 is 19.8 Å². The summed E-state index contributed by atoms with van der Waals surface area (Å²) in [6, 6.07) is 0. The molecule has 2 heterocycles. The van der Waals surface area contributed by atoms with Crippen LogP contribution in [0.15, 0.2) is 0 Å². The number of nitrogens with zero attached hydrogens (tertiary/aromatic N) is 3. The van der Waals surface area contributed by atoms with Crippen LogP contribution in [0.25, 0.3) is 0 Å². The van der Waals surface area contributed by atoms with Gasteiger partial charge in [-0.1, -0.05) is 16.1 Å². The lowest BCUT2D eigenvalue weighted by atomic mass is 9.85. The number of rotatable bonds is 4. The zero-order valence-corrected chi connectivity index (χ0v) is 11.4. The molecule has 1 aliphatic heterocycles. The van der Waals surface area contributed by atoms with Crippen molar-refractivity contribution in [1.29, 1.82) is 0 Å². The van der Waals surface area contributed by atoms with Crippen LogP contribution in [0.5, 0.6) is 0 Å². The fourth-order valence-electron chi connectivity index (χ4n) is 2.21. The molecule has 0 bridgehead atoms. The number of likely N-dealkylation sites (tertiary alicyclic amines) is 1. The van der Waals surface area contributed by atoms with Gasteiger partial charge in [0.2, 0.25) is 0 Å². The van der Waals surface area contributed by atoms with E-state index in [1.165, 1.54) is 0 Å². The molecule has 0 radical (unpaired) electrons. The van der Waals surface area contributed by atoms with Gasteiger partial charge in [0.05, 0.1) is 11.8 Å². The second-order valence-corrected chi connectivity index (χ2v) is 5.76. The van der Waals surface area contributed by atoms with Gasteiger partial charge in [-0.3, -0.25) is 14.5 Å². The molecule has 0 aliphatic carbocycles. The van der Waals surface area contributed by atoms with Gasteiger partial charge in [-0.25, -0.2) is 0 Å². The first-order valence-electron chi connectivity index (χ1n) is 5.63. The summed E-state index contributed by atoms with van der Waals surface area (Å²) in [4.78, 5) is 24.0. The van der Waals surface area contributed by atoms with Crippen LogP contribution in [0.3, 0.4) is 0 Å². The Balaban J connectivity index is 2.05. The lowest BCUT2D eigenvalue weighted by molar-refractivity contribution is -0.157. The smallest absolute Gasteiger partial charge is 0.308 e. The molecule has 2 atom stereocenters. The molecule has 1 saturated heterocycles. The van der Waals surface area contributed by atoms with E-state index in [2.05, 4.69) is 9.59 Å². The molecule has 0 aromatic carbocycles. The van der Waals surface area contributed by atoms with Crippen molar-refractivity contribution in [3.8, 4) is 0 Å². The predicted octanol–water partition coefficient (Wildman–Crippen LogP) is 0.799. The molecule has 104 valence electrons. The standard InChI is InChI=1S/C10H12ClN3O4S/c11-8-7(12-13-19-8)4-14-2-1-5(9(15)16)6(3-14)10(17)18/h5-6H,1-4H2,(H,15,16)(H,17,18). The Kier molecular flexibility index (Phi) is 4.33. The van der Waals surface area contributed by atoms with Gasteiger partial charge in [-0.05, 0) is 13.0 Å². The van der Waals surface area contributed by atoms with Crippen LogP contribution in [0.2, 0.25) is 4.34 Å². The minimum absolute atomic E-state index is 0.181. The summed E-state index contributed by atoms with van der Waals surface area (Å²) in [5, 5.41) is 22.0. The van der Waals surface area contributed by atoms with Gasteiger partial charge in [-0.2, -0.15) is 0 Å². The molecule has 2 rings (SSSR count). The molecule has 1 aliphatic rings. The van der Waals surface area contributed by atoms with Crippen molar-refractivity contribution in [3.63, 3.8) is 0 Å². The first-order valence-corrected chi connectivity index (χ1v) is 6.79. The monoisotopic (exact) mass is 305 g/mol. The molecular weight excluding hydrogens is 294 g/mol. The molecule has 9 heteroatoms. The Bertz CT molecular complexity index is 495. The molecule has 1 aromatic heterocycles. The van der Waals surface area contributed by atoms with Crippen molar-refractivity contribution in [1.82, 2.24) is 14.5 Å². The molecular formula is C10H12ClN3O4S. The second kappa shape index (κ2) is 5.81. The zero-order valence-electron chi connectivity index (χ0n) is 9.82. The zero-order chi connectivity index (χ0) is 14.0. The van der Waals surface area contributed by atoms with E-state index in [0.29, 0.717) is 29.5 Å². The molecule has 19 heavy (non-hydrogen) atoms. The summed E-state index contributed by atoms with van der Waals surface area (Å²) < 4.78 is 4.19. The highest BCUT2D eigenvalue weighted by Crippen LogP contribution is 2.27. The van der Waals surface area contributed by atoms with Crippen molar-refractivity contribution in [2.24, 2.45) is 11.8 Å². The minimum atomic E-state index is -1.08. The second-order valence-electron chi connectivity index (χ2n) is 4.41. The van der Waals surface area contributed by atoms with Gasteiger partial charge in [-0.15, -0.1) is 5.10 Å². The van der Waals surface area contributed by atoms with E-state index in [0.717, 1.165) is 11.5 Å². The largest absolute Gasteiger partial charge is 0.481 e. The van der Waals surface area contributed by atoms with Crippen LogP contribution in [-0.2, 0) is 16.1 Å². The normalized spacial score (nSPS) is 24.3. The summed E-state index contributed by atoms with van der Waals surface area (Å²) in [6.07, 6.45) is 0.307. The average molecular weight is 306 g/mol. The van der Waals surface area contributed by atoms with Crippen LogP contribution in [0.1, 0.15) is 12.1 Å². The van der Waals surface area contributed by atoms with E-state index in [-0.39, 0.29) is 6.54 Å². The Morgan fingerprint density at radius 2 is 2.05 bits per heavy atom. The fraction of sp³-hybridized carbons (Fsp3) is 0.600. The summed E-state index contributed by atoms with van der Waals surface area (Å²) in [6.45, 7) is 1.08. The van der Waals surface area contributed by atoms with Gasteiger partial charge in [0.15, 0.2) is 0 Å². The highest BCUT2D eigenvalue weighted by Gasteiger charge is 2.38. The Labute approximate surface area is 118 Å². The van der Waals surface area contributed by atoms with Crippen molar-refractivity contribution in [2.45, 2.75) is 13.0 Å². The van der Waals surface area contributed by atoms with E-state index in [1.54, 1.807) is 0 Å². The quantitative estimate of drug-likeness (QED) is 0.847. The summed E-state index contributed by atoms with van der Waals surface area (Å²) >= 11 is 6.97. The van der Waals surface area contributed by atoms with Gasteiger partial charge in [0.1, 0.15) is 10.0 Å². The number of aliphatic carboxylic acids is 2. The Morgan fingerprint density at radius 1 is 1.37 bits per heavy atom. The van der Waals surface area contributed by atoms with Crippen molar-refractivity contribution >= 4 is 35.1 Å². The molecule has 2 unspecified atom stereocenters. The molecule has 0 saturated carbocycles. The highest BCUT2D eigenvalue weighted by atomic mass is 35.5. The molecule has 0 amide bonds. The van der Waals surface area contributed by atoms with Crippen LogP contribution in [-0.4, -0.2) is 49.7 Å². The number of piperidine rings is 1. The number of aromatic nitrogens is 2. The van der Waals surface area contributed by atoms with E-state index in [4.69, 9.17) is 21.8 Å². The van der Waals surface area contributed by atoms with E-state index >= 15 is 0 Å². The maximum absolute atomic E-state index is 11.1. The van der Waals surface area contributed by atoms with Gasteiger partial charge < -0.3 is 10.2 Å². The summed E-state index contributed by atoms with van der Waals surface area (Å²) in [7, 11) is 0. The third-order valence-corrected chi connectivity index (χ3v) is 4.20. The number of hydrogen-bond donors (Lipinski definition) is 2. The number of carboxylic acids is 2. The van der Waals surface area contributed by atoms with E-state index in [1.807, 2.05) is 4.90 Å². The number of carbonyl (C=O) groups is 2. The predicted molar refractivity (Wildman–Crippen MR) is 67.1 cm³/mol. The van der Waals surface area contributed by atoms with Gasteiger partial charge >= 0.3 is 11.9 Å². The van der Waals surface area contributed by atoms with E-state index in [9.17, 15) is 9.59 Å². The third kappa shape index (κ3) is 3.20. The maximum atomic E-state index is 11.1. The lowest BCUT2D eigenvalue weighted by Gasteiger charge is -2.34. The molecule has 1 aromatic rings. The minimum Gasteiger partial charge on any atom is -0.481 e. The molecule has 0 spiro atoms. The van der Waals surface area contributed by atoms with Crippen molar-refractivity contribution in [2.75, 3.05) is 13.1 Å². The Hall–Kier alpha value is -1.25. The van der Waals surface area contributed by atoms with E-state index < -0.39 is 23.8 Å². The highest BCUT2D eigenvalue weighted by molar-refractivity contribution is 7.10. The number of hydrogen-bond acceptors (Lipinski definition) is 6. The summed E-state index contributed by atoms with van der Waals surface area (Å²) in [5.74, 6) is -3.88. The lowest BCUT2D eigenvalue weighted by Crippen LogP contribution is -2.46. The average Bonchev–Trinajstić information content (AvgIpc) is 2.74. The van der Waals surface area contributed by atoms with Crippen LogP contribution >= 0.6 is 23.1 Å². The Morgan fingerprint density at radius 3 is 2.58 bits per heavy atom. The third-order valence-electron chi connectivity index (χ3n) is 3.21. The number of carboxylic acid groups (broad SMARTS) is 2. The van der Waals surface area contributed by atoms with Crippen LogP contribution < -0.4 is 0 Å².